The molecule has 13 nitrogen and oxygen atoms in total. The van der Waals surface area contributed by atoms with Crippen LogP contribution in [0.1, 0.15) is 102 Å². The van der Waals surface area contributed by atoms with Crippen molar-refractivity contribution in [1.29, 1.82) is 0 Å². The van der Waals surface area contributed by atoms with Gasteiger partial charge in [0.25, 0.3) is 0 Å². The number of nitrogens with zero attached hydrogens (tertiary/aromatic N) is 2. The highest BCUT2D eigenvalue weighted by Crippen LogP contribution is 2.42. The number of amides is 2. The Balaban J connectivity index is 1.07. The molecule has 368 valence electrons. The van der Waals surface area contributed by atoms with Crippen molar-refractivity contribution in [3.05, 3.63) is 142 Å². The molecule has 3 aliphatic heterocycles. The summed E-state index contributed by atoms with van der Waals surface area (Å²) in [5, 5.41) is 15.9. The van der Waals surface area contributed by atoms with E-state index in [2.05, 4.69) is 49.1 Å². The highest BCUT2D eigenvalue weighted by atomic mass is 28.4. The third kappa shape index (κ3) is 12.7. The number of rotatable bonds is 18. The molecular formula is C55H70N4O9Si. The lowest BCUT2D eigenvalue weighted by Crippen LogP contribution is -2.53. The number of benzene rings is 4. The Bertz CT molecular complexity index is 2620. The largest absolute Gasteiger partial charge is 0.487 e. The van der Waals surface area contributed by atoms with E-state index in [1.165, 1.54) is 6.07 Å². The zero-order valence-corrected chi connectivity index (χ0v) is 42.5. The molecule has 1 unspecified atom stereocenters. The summed E-state index contributed by atoms with van der Waals surface area (Å²) in [6.45, 7) is 19.6. The van der Waals surface area contributed by atoms with E-state index in [0.29, 0.717) is 48.5 Å². The Morgan fingerprint density at radius 3 is 2.19 bits per heavy atom. The van der Waals surface area contributed by atoms with Crippen LogP contribution in [0.25, 0.3) is 10.9 Å². The maximum Gasteiger partial charge on any atom is 0.410 e. The molecular weight excluding hydrogens is 889 g/mol. The first-order valence-corrected chi connectivity index (χ1v) is 27.2. The number of esters is 1. The SMILES string of the molecule is CC(C)(C)OC(=O)N(CCCCC(=O)Nc1cccc([C@@](O)(C(=O)OC2CN3CCC2CC3)c2ccccc2)c1)C[C@H](O[Si](C)(C)C(C)(C)C)c1ccc(OCc2ccccc2)c2[nH]c(=O)ccc12. The molecule has 0 spiro atoms. The lowest BCUT2D eigenvalue weighted by molar-refractivity contribution is -0.177. The number of H-pyrrole nitrogens is 1. The summed E-state index contributed by atoms with van der Waals surface area (Å²) in [5.74, 6) is -0.224. The highest BCUT2D eigenvalue weighted by Gasteiger charge is 2.46. The maximum absolute atomic E-state index is 14.1. The number of ether oxygens (including phenoxy) is 3. The highest BCUT2D eigenvalue weighted by molar-refractivity contribution is 6.74. The summed E-state index contributed by atoms with van der Waals surface area (Å²) >= 11 is 0. The number of piperidine rings is 3. The van der Waals surface area contributed by atoms with Crippen molar-refractivity contribution in [2.24, 2.45) is 5.92 Å². The van der Waals surface area contributed by atoms with Gasteiger partial charge in [0.05, 0.1) is 18.2 Å². The summed E-state index contributed by atoms with van der Waals surface area (Å²) in [6, 6.07) is 32.3. The number of pyridine rings is 1. The molecule has 3 saturated heterocycles. The van der Waals surface area contributed by atoms with Gasteiger partial charge in [0.15, 0.2) is 8.32 Å². The van der Waals surface area contributed by atoms with Gasteiger partial charge in [0.1, 0.15) is 24.1 Å². The topological polar surface area (TPSA) is 160 Å². The molecule has 3 atom stereocenters. The van der Waals surface area contributed by atoms with E-state index in [1.807, 2.05) is 69.3 Å². The molecule has 2 bridgehead atoms. The fraction of sp³-hybridized carbons (Fsp3) is 0.455. The molecule has 4 aromatic carbocycles. The van der Waals surface area contributed by atoms with Crippen LogP contribution in [0, 0.1) is 5.92 Å². The molecule has 4 heterocycles. The predicted octanol–water partition coefficient (Wildman–Crippen LogP) is 10.1. The van der Waals surface area contributed by atoms with E-state index >= 15 is 0 Å². The first-order chi connectivity index (χ1) is 32.7. The molecule has 5 aromatic rings. The van der Waals surface area contributed by atoms with Crippen molar-refractivity contribution in [2.75, 3.05) is 38.0 Å². The molecule has 69 heavy (non-hydrogen) atoms. The monoisotopic (exact) mass is 958 g/mol. The van der Waals surface area contributed by atoms with Crippen LogP contribution in [0.2, 0.25) is 18.1 Å². The third-order valence-electron chi connectivity index (χ3n) is 13.7. The standard InChI is InChI=1S/C55H70N4O9Si/c1-53(2,3)67-52(63)59(36-47(68-69(7,8)54(4,5)6)43-25-27-45(50-44(43)26-28-49(61)57-50)65-37-38-18-11-9-12-19-38)31-16-15-24-48(60)56-42-23-17-22-41(34-42)55(64,40-20-13-10-14-21-40)51(62)66-46-35-58-32-29-39(46)30-33-58/h9-14,17-23,25-28,34,39,46-47,64H,15-16,24,29-33,35-37H2,1-8H3,(H,56,60)(H,57,61)/t46?,47-,55+/m0/s1. The van der Waals surface area contributed by atoms with E-state index in [4.69, 9.17) is 18.6 Å². The predicted molar refractivity (Wildman–Crippen MR) is 272 cm³/mol. The van der Waals surface area contributed by atoms with Gasteiger partial charge in [-0.3, -0.25) is 14.5 Å². The van der Waals surface area contributed by atoms with E-state index in [9.17, 15) is 24.3 Å². The normalized spacial score (nSPS) is 18.5. The minimum absolute atomic E-state index is 0.142. The average Bonchev–Trinajstić information content (AvgIpc) is 3.31. The molecule has 3 fully saturated rings. The Morgan fingerprint density at radius 2 is 1.54 bits per heavy atom. The fourth-order valence-electron chi connectivity index (χ4n) is 8.88. The number of aliphatic hydroxyl groups is 1. The van der Waals surface area contributed by atoms with Crippen molar-refractivity contribution in [3.63, 3.8) is 0 Å². The number of anilines is 1. The minimum Gasteiger partial charge on any atom is -0.487 e. The zero-order valence-electron chi connectivity index (χ0n) is 41.5. The smallest absolute Gasteiger partial charge is 0.410 e. The number of unbranched alkanes of at least 4 members (excludes halogenated alkanes) is 1. The van der Waals surface area contributed by atoms with Crippen LogP contribution in [0.3, 0.4) is 0 Å². The number of hydrogen-bond acceptors (Lipinski definition) is 10. The second kappa shape index (κ2) is 21.5. The van der Waals surface area contributed by atoms with Crippen molar-refractivity contribution in [1.82, 2.24) is 14.8 Å². The summed E-state index contributed by atoms with van der Waals surface area (Å²) < 4.78 is 25.5. The van der Waals surface area contributed by atoms with Crippen LogP contribution < -0.4 is 15.6 Å². The summed E-state index contributed by atoms with van der Waals surface area (Å²) in [5.41, 5.74) is 0.243. The van der Waals surface area contributed by atoms with Gasteiger partial charge < -0.3 is 38.9 Å². The Hall–Kier alpha value is -5.80. The summed E-state index contributed by atoms with van der Waals surface area (Å²) in [6.07, 6.45) is 1.54. The molecule has 3 N–H and O–H groups in total. The van der Waals surface area contributed by atoms with Crippen molar-refractivity contribution in [3.8, 4) is 5.75 Å². The van der Waals surface area contributed by atoms with Crippen molar-refractivity contribution >= 4 is 42.9 Å². The fourth-order valence-corrected chi connectivity index (χ4v) is 10.1. The van der Waals surface area contributed by atoms with Crippen LogP contribution in [0.5, 0.6) is 5.75 Å². The number of carbonyl (C=O) groups excluding carboxylic acids is 3. The van der Waals surface area contributed by atoms with E-state index < -0.39 is 37.7 Å². The Labute approximate surface area is 407 Å². The van der Waals surface area contributed by atoms with Gasteiger partial charge in [0.2, 0.25) is 17.1 Å². The molecule has 1 aromatic heterocycles. The van der Waals surface area contributed by atoms with E-state index in [-0.39, 0.29) is 53.6 Å². The van der Waals surface area contributed by atoms with Crippen LogP contribution >= 0.6 is 0 Å². The van der Waals surface area contributed by atoms with Gasteiger partial charge in [-0.15, -0.1) is 0 Å². The van der Waals surface area contributed by atoms with Gasteiger partial charge in [-0.2, -0.15) is 0 Å². The summed E-state index contributed by atoms with van der Waals surface area (Å²) in [7, 11) is -2.49. The second-order valence-electron chi connectivity index (χ2n) is 21.1. The number of nitrogens with one attached hydrogen (secondary N) is 2. The number of aromatic amines is 1. The van der Waals surface area contributed by atoms with Crippen LogP contribution in [-0.4, -0.2) is 90.6 Å². The summed E-state index contributed by atoms with van der Waals surface area (Å²) in [4.78, 5) is 61.5. The van der Waals surface area contributed by atoms with Crippen molar-refractivity contribution < 1.29 is 38.1 Å². The molecule has 0 saturated carbocycles. The van der Waals surface area contributed by atoms with Crippen LogP contribution in [0.4, 0.5) is 10.5 Å². The molecule has 14 heteroatoms. The van der Waals surface area contributed by atoms with Gasteiger partial charge in [-0.1, -0.05) is 99.6 Å². The molecule has 0 aliphatic carbocycles. The maximum atomic E-state index is 14.1. The lowest BCUT2D eigenvalue weighted by atomic mass is 9.84. The number of carbonyl (C=O) groups is 3. The molecule has 2 amide bonds. The van der Waals surface area contributed by atoms with E-state index in [1.54, 1.807) is 59.5 Å². The van der Waals surface area contributed by atoms with Crippen molar-refractivity contribution in [2.45, 2.75) is 122 Å². The molecule has 3 aliphatic rings. The number of fused-ring (bicyclic) bond motifs is 4. The van der Waals surface area contributed by atoms with Crippen LogP contribution in [-0.2, 0) is 35.7 Å². The Kier molecular flexibility index (Phi) is 15.9. The Morgan fingerprint density at radius 1 is 0.855 bits per heavy atom. The minimum atomic E-state index is -2.49. The van der Waals surface area contributed by atoms with Crippen LogP contribution in [0.15, 0.2) is 114 Å². The number of hydrogen-bond donors (Lipinski definition) is 3. The van der Waals surface area contributed by atoms with Gasteiger partial charge in [0, 0.05) is 42.2 Å². The number of aromatic nitrogens is 1. The first kappa shape index (κ1) is 51.1. The quantitative estimate of drug-likeness (QED) is 0.0438. The van der Waals surface area contributed by atoms with Gasteiger partial charge in [-0.25, -0.2) is 9.59 Å². The average molecular weight is 959 g/mol. The van der Waals surface area contributed by atoms with Gasteiger partial charge >= 0.3 is 12.1 Å². The lowest BCUT2D eigenvalue weighted by Gasteiger charge is -2.44. The molecule has 8 rings (SSSR count). The second-order valence-corrected chi connectivity index (χ2v) is 25.8. The zero-order chi connectivity index (χ0) is 49.6. The third-order valence-corrected chi connectivity index (χ3v) is 18.2. The first-order valence-electron chi connectivity index (χ1n) is 24.3. The van der Waals surface area contributed by atoms with E-state index in [0.717, 1.165) is 42.4 Å². The van der Waals surface area contributed by atoms with Gasteiger partial charge in [-0.05, 0) is 125 Å². The molecule has 0 radical (unpaired) electrons.